The fourth-order valence-corrected chi connectivity index (χ4v) is 4.11. The minimum Gasteiger partial charge on any atom is -0.492 e. The highest BCUT2D eigenvalue weighted by molar-refractivity contribution is 5.94. The normalized spacial score (nSPS) is 13.1. The quantitative estimate of drug-likeness (QED) is 0.324. The Kier molecular flexibility index (Phi) is 6.22. The number of hydrogen-bond acceptors (Lipinski definition) is 6. The number of pyridine rings is 1. The first-order valence-corrected chi connectivity index (χ1v) is 11.2. The number of rotatable bonds is 8. The number of aliphatic hydroxyl groups is 1. The van der Waals surface area contributed by atoms with E-state index in [-0.39, 0.29) is 12.5 Å². The Balaban J connectivity index is 1.29. The molecule has 0 spiro atoms. The summed E-state index contributed by atoms with van der Waals surface area (Å²) in [7, 11) is 0. The van der Waals surface area contributed by atoms with Crippen LogP contribution in [0.1, 0.15) is 33.1 Å². The monoisotopic (exact) mass is 455 g/mol. The Morgan fingerprint density at radius 2 is 2.03 bits per heavy atom. The van der Waals surface area contributed by atoms with Crippen molar-refractivity contribution < 1.29 is 14.6 Å². The van der Waals surface area contributed by atoms with Crippen molar-refractivity contribution >= 4 is 11.7 Å². The van der Waals surface area contributed by atoms with Crippen molar-refractivity contribution in [2.75, 3.05) is 18.5 Å². The van der Waals surface area contributed by atoms with E-state index >= 15 is 0 Å². The van der Waals surface area contributed by atoms with Crippen LogP contribution in [-0.2, 0) is 13.0 Å². The van der Waals surface area contributed by atoms with Gasteiger partial charge >= 0.3 is 0 Å². The number of hydrogen-bond donors (Lipinski definition) is 4. The van der Waals surface area contributed by atoms with Crippen LogP contribution in [0.5, 0.6) is 5.75 Å². The molecule has 172 valence electrons. The third-order valence-electron chi connectivity index (χ3n) is 5.87. The molecule has 0 fully saturated rings. The zero-order chi connectivity index (χ0) is 23.3. The highest BCUT2D eigenvalue weighted by Crippen LogP contribution is 2.39. The minimum atomic E-state index is -0.462. The number of fused-ring (bicyclic) bond motifs is 1. The Labute approximate surface area is 197 Å². The summed E-state index contributed by atoms with van der Waals surface area (Å²) < 4.78 is 5.89. The summed E-state index contributed by atoms with van der Waals surface area (Å²) in [6, 6.07) is 16.4. The van der Waals surface area contributed by atoms with Gasteiger partial charge in [-0.3, -0.25) is 9.89 Å². The molecular weight excluding hydrogens is 430 g/mol. The lowest BCUT2D eigenvalue weighted by Crippen LogP contribution is -2.30. The van der Waals surface area contributed by atoms with Gasteiger partial charge in [0.05, 0.1) is 25.5 Å². The maximum absolute atomic E-state index is 12.8. The van der Waals surface area contributed by atoms with Gasteiger partial charge < -0.3 is 20.5 Å². The summed E-state index contributed by atoms with van der Waals surface area (Å²) in [5, 5.41) is 22.9. The number of carbonyl (C=O) groups is 1. The number of benzene rings is 2. The van der Waals surface area contributed by atoms with Gasteiger partial charge in [0.2, 0.25) is 0 Å². The Morgan fingerprint density at radius 1 is 1.15 bits per heavy atom. The van der Waals surface area contributed by atoms with Crippen molar-refractivity contribution in [3.8, 4) is 16.9 Å². The van der Waals surface area contributed by atoms with E-state index in [1.165, 1.54) is 0 Å². The molecule has 5 rings (SSSR count). The van der Waals surface area contributed by atoms with Crippen LogP contribution >= 0.6 is 0 Å². The molecule has 1 aliphatic rings. The maximum Gasteiger partial charge on any atom is 0.251 e. The van der Waals surface area contributed by atoms with E-state index in [0.717, 1.165) is 45.8 Å². The second-order valence-electron chi connectivity index (χ2n) is 8.09. The number of aromatic nitrogens is 3. The first-order chi connectivity index (χ1) is 16.7. The van der Waals surface area contributed by atoms with Crippen molar-refractivity contribution in [1.82, 2.24) is 20.5 Å². The molecule has 0 radical (unpaired) electrons. The van der Waals surface area contributed by atoms with Gasteiger partial charge in [0.15, 0.2) is 0 Å². The number of ether oxygens (including phenoxy) is 1. The van der Waals surface area contributed by atoms with Crippen molar-refractivity contribution in [1.29, 1.82) is 0 Å². The highest BCUT2D eigenvalue weighted by Gasteiger charge is 2.23. The van der Waals surface area contributed by atoms with Gasteiger partial charge in [-0.25, -0.2) is 4.98 Å². The standard InChI is InChI=1S/C26H25N5O3/c32-16-23(18-6-2-1-3-7-18)31-26(33)19-8-4-5-17(11-19)12-27-25-21-9-10-34-24(21)22(15-28-25)20-13-29-30-14-20/h1-8,11,13-15,23,32H,9-10,12,16H2,(H,27,28)(H,29,30)(H,31,33). The molecule has 1 unspecified atom stereocenters. The van der Waals surface area contributed by atoms with Crippen LogP contribution < -0.4 is 15.4 Å². The molecule has 0 saturated carbocycles. The van der Waals surface area contributed by atoms with Crippen LogP contribution in [0.15, 0.2) is 73.2 Å². The SMILES string of the molecule is O=C(NC(CO)c1ccccc1)c1cccc(CNc2ncc(-c3cn[nH]c3)c3c2CCO3)c1. The average molecular weight is 456 g/mol. The van der Waals surface area contributed by atoms with Gasteiger partial charge in [-0.2, -0.15) is 5.10 Å². The molecule has 4 aromatic rings. The first-order valence-electron chi connectivity index (χ1n) is 11.2. The summed E-state index contributed by atoms with van der Waals surface area (Å²) >= 11 is 0. The van der Waals surface area contributed by atoms with Gasteiger partial charge in [-0.1, -0.05) is 42.5 Å². The average Bonchev–Trinajstić information content (AvgIpc) is 3.59. The summed E-state index contributed by atoms with van der Waals surface area (Å²) in [6.07, 6.45) is 6.14. The van der Waals surface area contributed by atoms with E-state index in [1.54, 1.807) is 18.5 Å². The predicted octanol–water partition coefficient (Wildman–Crippen LogP) is 3.48. The largest absolute Gasteiger partial charge is 0.492 e. The van der Waals surface area contributed by atoms with Gasteiger partial charge in [0.1, 0.15) is 11.6 Å². The van der Waals surface area contributed by atoms with E-state index in [0.29, 0.717) is 18.7 Å². The Bertz CT molecular complexity index is 1280. The number of amides is 1. The Morgan fingerprint density at radius 3 is 2.82 bits per heavy atom. The molecule has 4 N–H and O–H groups in total. The van der Waals surface area contributed by atoms with Gasteiger partial charge in [0, 0.05) is 47.6 Å². The number of aliphatic hydroxyl groups excluding tert-OH is 1. The second kappa shape index (κ2) is 9.76. The number of H-pyrrole nitrogens is 1. The van der Waals surface area contributed by atoms with E-state index in [9.17, 15) is 9.90 Å². The highest BCUT2D eigenvalue weighted by atomic mass is 16.5. The molecular formula is C26H25N5O3. The van der Waals surface area contributed by atoms with Crippen LogP contribution in [0.4, 0.5) is 5.82 Å². The second-order valence-corrected chi connectivity index (χ2v) is 8.09. The molecule has 34 heavy (non-hydrogen) atoms. The van der Waals surface area contributed by atoms with Crippen molar-refractivity contribution in [2.45, 2.75) is 19.0 Å². The zero-order valence-corrected chi connectivity index (χ0v) is 18.5. The summed E-state index contributed by atoms with van der Waals surface area (Å²) in [4.78, 5) is 17.5. The molecule has 2 aromatic carbocycles. The molecule has 0 saturated heterocycles. The lowest BCUT2D eigenvalue weighted by atomic mass is 10.1. The molecule has 8 nitrogen and oxygen atoms in total. The zero-order valence-electron chi connectivity index (χ0n) is 18.5. The minimum absolute atomic E-state index is 0.176. The van der Waals surface area contributed by atoms with Crippen LogP contribution in [0.25, 0.3) is 11.1 Å². The number of nitrogens with zero attached hydrogens (tertiary/aromatic N) is 2. The molecule has 8 heteroatoms. The van der Waals surface area contributed by atoms with Crippen LogP contribution in [0.3, 0.4) is 0 Å². The predicted molar refractivity (Wildman–Crippen MR) is 129 cm³/mol. The topological polar surface area (TPSA) is 112 Å². The third-order valence-corrected chi connectivity index (χ3v) is 5.87. The Hall–Kier alpha value is -4.17. The van der Waals surface area contributed by atoms with Gasteiger partial charge in [-0.05, 0) is 23.3 Å². The molecule has 3 heterocycles. The van der Waals surface area contributed by atoms with Crippen LogP contribution in [-0.4, -0.2) is 39.4 Å². The smallest absolute Gasteiger partial charge is 0.251 e. The molecule has 1 aliphatic heterocycles. The molecule has 0 aliphatic carbocycles. The number of carbonyl (C=O) groups excluding carboxylic acids is 1. The number of aromatic amines is 1. The van der Waals surface area contributed by atoms with Crippen LogP contribution in [0, 0.1) is 0 Å². The maximum atomic E-state index is 12.8. The fourth-order valence-electron chi connectivity index (χ4n) is 4.11. The van der Waals surface area contributed by atoms with Gasteiger partial charge in [-0.15, -0.1) is 0 Å². The van der Waals surface area contributed by atoms with Crippen molar-refractivity contribution in [2.24, 2.45) is 0 Å². The molecule has 2 aromatic heterocycles. The lowest BCUT2D eigenvalue weighted by Gasteiger charge is -2.17. The van der Waals surface area contributed by atoms with Crippen molar-refractivity contribution in [3.63, 3.8) is 0 Å². The van der Waals surface area contributed by atoms with Crippen molar-refractivity contribution in [3.05, 3.63) is 95.4 Å². The lowest BCUT2D eigenvalue weighted by molar-refractivity contribution is 0.0916. The van der Waals surface area contributed by atoms with E-state index in [4.69, 9.17) is 4.74 Å². The van der Waals surface area contributed by atoms with Crippen LogP contribution in [0.2, 0.25) is 0 Å². The summed E-state index contributed by atoms with van der Waals surface area (Å²) in [5.74, 6) is 1.38. The number of nitrogens with one attached hydrogen (secondary N) is 3. The van der Waals surface area contributed by atoms with E-state index < -0.39 is 6.04 Å². The molecule has 1 atom stereocenters. The fraction of sp³-hybridized carbons (Fsp3) is 0.192. The number of anilines is 1. The van der Waals surface area contributed by atoms with E-state index in [1.807, 2.05) is 54.7 Å². The van der Waals surface area contributed by atoms with E-state index in [2.05, 4.69) is 25.8 Å². The summed E-state index contributed by atoms with van der Waals surface area (Å²) in [5.41, 5.74) is 5.24. The molecule has 1 amide bonds. The third kappa shape index (κ3) is 4.49. The molecule has 0 bridgehead atoms. The van der Waals surface area contributed by atoms with Gasteiger partial charge in [0.25, 0.3) is 5.91 Å². The summed E-state index contributed by atoms with van der Waals surface area (Å²) in [6.45, 7) is 0.946. The first kappa shape index (κ1) is 21.7.